The van der Waals surface area contributed by atoms with E-state index in [9.17, 15) is 19.8 Å². The highest BCUT2D eigenvalue weighted by Gasteiger charge is 2.18. The molecule has 0 fully saturated rings. The molecule has 0 aliphatic heterocycles. The number of nitrogens with one attached hydrogen (secondary N) is 1. The molecule has 0 saturated heterocycles. The van der Waals surface area contributed by atoms with Crippen LogP contribution in [0.5, 0.6) is 0 Å². The van der Waals surface area contributed by atoms with Crippen molar-refractivity contribution in [1.29, 1.82) is 0 Å². The molecule has 402 valence electrons. The Hall–Kier alpha value is -2.44. The lowest BCUT2D eigenvalue weighted by molar-refractivity contribution is -0.143. The molecule has 69 heavy (non-hydrogen) atoms. The van der Waals surface area contributed by atoms with Gasteiger partial charge in [-0.25, -0.2) is 0 Å². The highest BCUT2D eigenvalue weighted by atomic mass is 16.5. The molecule has 0 saturated carbocycles. The van der Waals surface area contributed by atoms with Crippen LogP contribution in [-0.4, -0.2) is 47.4 Å². The summed E-state index contributed by atoms with van der Waals surface area (Å²) in [6.07, 6.45) is 75.3. The molecule has 2 atom stereocenters. The number of allylic oxidation sites excluding steroid dienone is 9. The molecule has 3 N–H and O–H groups in total. The van der Waals surface area contributed by atoms with Crippen molar-refractivity contribution in [3.8, 4) is 0 Å². The second-order valence-electron chi connectivity index (χ2n) is 20.3. The van der Waals surface area contributed by atoms with Gasteiger partial charge in [0.2, 0.25) is 5.91 Å². The van der Waals surface area contributed by atoms with Gasteiger partial charge in [-0.1, -0.05) is 254 Å². The Morgan fingerprint density at radius 1 is 0.420 bits per heavy atom. The van der Waals surface area contributed by atoms with Crippen LogP contribution in [0, 0.1) is 0 Å². The number of ether oxygens (including phenoxy) is 1. The Morgan fingerprint density at radius 3 is 1.20 bits per heavy atom. The maximum absolute atomic E-state index is 12.5. The van der Waals surface area contributed by atoms with Gasteiger partial charge >= 0.3 is 5.97 Å². The number of rotatable bonds is 55. The van der Waals surface area contributed by atoms with Crippen LogP contribution >= 0.6 is 0 Å². The minimum Gasteiger partial charge on any atom is -0.466 e. The molecule has 0 aromatic carbocycles. The lowest BCUT2D eigenvalue weighted by Crippen LogP contribution is -2.45. The van der Waals surface area contributed by atoms with E-state index in [0.717, 1.165) is 89.9 Å². The summed E-state index contributed by atoms with van der Waals surface area (Å²) in [5.74, 6) is -0.106. The zero-order chi connectivity index (χ0) is 50.0. The number of unbranched alkanes of at least 4 members (excludes halogenated alkanes) is 37. The van der Waals surface area contributed by atoms with Crippen LogP contribution in [0.25, 0.3) is 0 Å². The second kappa shape index (κ2) is 58.1. The smallest absolute Gasteiger partial charge is 0.305 e. The monoisotopic (exact) mass is 966 g/mol. The molecule has 2 unspecified atom stereocenters. The first-order valence-electron chi connectivity index (χ1n) is 30.1. The van der Waals surface area contributed by atoms with E-state index < -0.39 is 12.1 Å². The number of carbonyl (C=O) groups is 2. The normalized spacial score (nSPS) is 13.0. The zero-order valence-electron chi connectivity index (χ0n) is 45.8. The van der Waals surface area contributed by atoms with E-state index >= 15 is 0 Å². The van der Waals surface area contributed by atoms with Gasteiger partial charge in [0.05, 0.1) is 25.4 Å². The minimum atomic E-state index is -0.853. The predicted molar refractivity (Wildman–Crippen MR) is 301 cm³/mol. The molecule has 0 aliphatic carbocycles. The summed E-state index contributed by atoms with van der Waals surface area (Å²) in [6, 6.07) is -0.637. The highest BCUT2D eigenvalue weighted by Crippen LogP contribution is 2.16. The number of aliphatic hydroxyl groups excluding tert-OH is 2. The Labute approximate surface area is 428 Å². The van der Waals surface area contributed by atoms with Crippen LogP contribution in [0.2, 0.25) is 0 Å². The predicted octanol–water partition coefficient (Wildman–Crippen LogP) is 18.7. The number of aliphatic hydroxyl groups is 2. The molecule has 0 radical (unpaired) electrons. The van der Waals surface area contributed by atoms with Gasteiger partial charge in [0, 0.05) is 12.8 Å². The quantitative estimate of drug-likeness (QED) is 0.0244. The SMILES string of the molecule is CCCCCC/C=C\C/C=C\CCCCCCCC(=O)OCCCCC/C=C\C=C/CCCCCCCCCCCCC(=O)NC(CO)C(O)/C=C/CCCCCCCCCCCCCCCCC. The third-order valence-electron chi connectivity index (χ3n) is 13.5. The van der Waals surface area contributed by atoms with E-state index in [1.165, 1.54) is 186 Å². The second-order valence-corrected chi connectivity index (χ2v) is 20.3. The largest absolute Gasteiger partial charge is 0.466 e. The fourth-order valence-corrected chi connectivity index (χ4v) is 8.89. The molecule has 6 heteroatoms. The summed E-state index contributed by atoms with van der Waals surface area (Å²) in [5, 5.41) is 23.1. The highest BCUT2D eigenvalue weighted by molar-refractivity contribution is 5.76. The van der Waals surface area contributed by atoms with Crippen molar-refractivity contribution in [3.63, 3.8) is 0 Å². The number of amides is 1. The van der Waals surface area contributed by atoms with Gasteiger partial charge in [-0.15, -0.1) is 0 Å². The van der Waals surface area contributed by atoms with Crippen LogP contribution < -0.4 is 5.32 Å². The average Bonchev–Trinajstić information content (AvgIpc) is 3.35. The molecule has 0 aromatic rings. The Morgan fingerprint density at radius 2 is 0.768 bits per heavy atom. The number of esters is 1. The van der Waals surface area contributed by atoms with Crippen LogP contribution in [0.4, 0.5) is 0 Å². The molecule has 0 heterocycles. The van der Waals surface area contributed by atoms with Crippen LogP contribution in [0.3, 0.4) is 0 Å². The Bertz CT molecular complexity index is 1210. The van der Waals surface area contributed by atoms with Crippen molar-refractivity contribution in [1.82, 2.24) is 5.32 Å². The maximum Gasteiger partial charge on any atom is 0.305 e. The van der Waals surface area contributed by atoms with Crippen molar-refractivity contribution in [2.45, 2.75) is 315 Å². The summed E-state index contributed by atoms with van der Waals surface area (Å²) in [7, 11) is 0. The summed E-state index contributed by atoms with van der Waals surface area (Å²) in [5.41, 5.74) is 0. The van der Waals surface area contributed by atoms with Gasteiger partial charge in [-0.05, 0) is 96.3 Å². The van der Waals surface area contributed by atoms with Gasteiger partial charge in [0.1, 0.15) is 0 Å². The van der Waals surface area contributed by atoms with Crippen molar-refractivity contribution in [2.24, 2.45) is 0 Å². The van der Waals surface area contributed by atoms with E-state index in [-0.39, 0.29) is 18.5 Å². The van der Waals surface area contributed by atoms with E-state index in [0.29, 0.717) is 19.4 Å². The topological polar surface area (TPSA) is 95.9 Å². The fraction of sp³-hybridized carbons (Fsp3) is 0.810. The van der Waals surface area contributed by atoms with Gasteiger partial charge in [0.25, 0.3) is 0 Å². The number of hydrogen-bond acceptors (Lipinski definition) is 5. The minimum absolute atomic E-state index is 0.0282. The molecular weight excluding hydrogens is 851 g/mol. The molecule has 0 spiro atoms. The Balaban J connectivity index is 3.52. The number of hydrogen-bond donors (Lipinski definition) is 3. The molecule has 1 amide bonds. The van der Waals surface area contributed by atoms with E-state index in [2.05, 4.69) is 67.8 Å². The van der Waals surface area contributed by atoms with Crippen molar-refractivity contribution in [2.75, 3.05) is 13.2 Å². The Kier molecular flexibility index (Phi) is 56.1. The molecule has 0 aliphatic rings. The lowest BCUT2D eigenvalue weighted by atomic mass is 10.0. The van der Waals surface area contributed by atoms with Crippen LogP contribution in [0.1, 0.15) is 303 Å². The first-order valence-corrected chi connectivity index (χ1v) is 30.1. The fourth-order valence-electron chi connectivity index (χ4n) is 8.89. The summed E-state index contributed by atoms with van der Waals surface area (Å²) in [4.78, 5) is 24.5. The molecular formula is C63H115NO5. The number of carbonyl (C=O) groups excluding carboxylic acids is 2. The van der Waals surface area contributed by atoms with E-state index in [1.54, 1.807) is 6.08 Å². The standard InChI is InChI=1S/C63H115NO5/c1-3-5-7-9-11-13-15-17-19-24-27-31-35-39-43-47-51-55-61(66)60(59-65)64-62(67)56-52-48-44-40-36-32-28-25-22-21-23-26-30-34-38-42-46-50-54-58-69-63(68)57-53-49-45-41-37-33-29-20-18-16-14-12-10-8-6-4-2/h14,16,20,26,29-30,34,38,51,55,60-61,65-66H,3-13,15,17-19,21-25,27-28,31-33,35-37,39-50,52-54,56-59H2,1-2H3,(H,64,67)/b16-14-,29-20-,30-26-,38-34-,55-51+. The van der Waals surface area contributed by atoms with Gasteiger partial charge in [0.15, 0.2) is 0 Å². The third kappa shape index (κ3) is 54.7. The summed E-state index contributed by atoms with van der Waals surface area (Å²) in [6.45, 7) is 4.84. The third-order valence-corrected chi connectivity index (χ3v) is 13.5. The summed E-state index contributed by atoms with van der Waals surface area (Å²) >= 11 is 0. The van der Waals surface area contributed by atoms with E-state index in [1.807, 2.05) is 6.08 Å². The average molecular weight is 967 g/mol. The summed E-state index contributed by atoms with van der Waals surface area (Å²) < 4.78 is 5.45. The lowest BCUT2D eigenvalue weighted by Gasteiger charge is -2.20. The van der Waals surface area contributed by atoms with Crippen molar-refractivity contribution in [3.05, 3.63) is 60.8 Å². The van der Waals surface area contributed by atoms with Crippen LogP contribution in [-0.2, 0) is 14.3 Å². The zero-order valence-corrected chi connectivity index (χ0v) is 45.8. The first kappa shape index (κ1) is 66.6. The molecule has 0 bridgehead atoms. The van der Waals surface area contributed by atoms with Gasteiger partial charge in [-0.3, -0.25) is 9.59 Å². The molecule has 0 rings (SSSR count). The van der Waals surface area contributed by atoms with Gasteiger partial charge in [-0.2, -0.15) is 0 Å². The van der Waals surface area contributed by atoms with E-state index in [4.69, 9.17) is 4.74 Å². The van der Waals surface area contributed by atoms with Crippen molar-refractivity contribution >= 4 is 11.9 Å². The molecule has 6 nitrogen and oxygen atoms in total. The first-order chi connectivity index (χ1) is 34.0. The molecule has 0 aromatic heterocycles. The van der Waals surface area contributed by atoms with Gasteiger partial charge < -0.3 is 20.3 Å². The maximum atomic E-state index is 12.5. The van der Waals surface area contributed by atoms with Crippen LogP contribution in [0.15, 0.2) is 60.8 Å². The van der Waals surface area contributed by atoms with Crippen molar-refractivity contribution < 1.29 is 24.5 Å².